The topological polar surface area (TPSA) is 41.1 Å². The van der Waals surface area contributed by atoms with E-state index in [2.05, 4.69) is 31.4 Å². The number of amides is 1. The van der Waals surface area contributed by atoms with Gasteiger partial charge in [-0.2, -0.15) is 0 Å². The Morgan fingerprint density at radius 1 is 1.47 bits per heavy atom. The molecule has 2 atom stereocenters. The van der Waals surface area contributed by atoms with E-state index in [0.717, 1.165) is 25.9 Å². The Morgan fingerprint density at radius 3 is 2.60 bits per heavy atom. The fourth-order valence-electron chi connectivity index (χ4n) is 1.69. The first-order valence-electron chi connectivity index (χ1n) is 5.92. The molecule has 1 unspecified atom stereocenters. The van der Waals surface area contributed by atoms with Crippen LogP contribution in [0.2, 0.25) is 0 Å². The van der Waals surface area contributed by atoms with Crippen LogP contribution in [0.1, 0.15) is 40.5 Å². The lowest BCUT2D eigenvalue weighted by molar-refractivity contribution is -0.128. The quantitative estimate of drug-likeness (QED) is 0.729. The molecule has 1 heterocycles. The van der Waals surface area contributed by atoms with Crippen LogP contribution in [0.25, 0.3) is 0 Å². The second-order valence-electron chi connectivity index (χ2n) is 5.64. The molecule has 0 aromatic rings. The van der Waals surface area contributed by atoms with E-state index in [-0.39, 0.29) is 17.2 Å². The van der Waals surface area contributed by atoms with Gasteiger partial charge in [-0.1, -0.05) is 27.7 Å². The highest BCUT2D eigenvalue weighted by Gasteiger charge is 2.28. The van der Waals surface area contributed by atoms with E-state index in [1.807, 2.05) is 6.92 Å². The van der Waals surface area contributed by atoms with Gasteiger partial charge < -0.3 is 10.6 Å². The van der Waals surface area contributed by atoms with Crippen molar-refractivity contribution >= 4 is 5.91 Å². The zero-order chi connectivity index (χ0) is 11.5. The molecule has 0 aromatic carbocycles. The monoisotopic (exact) mass is 212 g/mol. The van der Waals surface area contributed by atoms with Crippen LogP contribution in [0.15, 0.2) is 0 Å². The molecular weight excluding hydrogens is 188 g/mol. The van der Waals surface area contributed by atoms with Gasteiger partial charge in [-0.25, -0.2) is 0 Å². The molecule has 1 amide bonds. The number of carbonyl (C=O) groups excluding carboxylic acids is 1. The third-order valence-corrected chi connectivity index (χ3v) is 3.34. The predicted molar refractivity (Wildman–Crippen MR) is 62.7 cm³/mol. The molecule has 0 radical (unpaired) electrons. The summed E-state index contributed by atoms with van der Waals surface area (Å²) in [4.78, 5) is 11.9. The lowest BCUT2D eigenvalue weighted by Crippen LogP contribution is -2.48. The second-order valence-corrected chi connectivity index (χ2v) is 5.64. The van der Waals surface area contributed by atoms with Crippen molar-refractivity contribution in [3.8, 4) is 0 Å². The van der Waals surface area contributed by atoms with Crippen molar-refractivity contribution in [3.05, 3.63) is 0 Å². The zero-order valence-corrected chi connectivity index (χ0v) is 10.4. The molecular formula is C12H24N2O. The molecule has 0 aromatic heterocycles. The highest BCUT2D eigenvalue weighted by Crippen LogP contribution is 2.25. The summed E-state index contributed by atoms with van der Waals surface area (Å²) in [6, 6.07) is 0.330. The molecule has 0 bridgehead atoms. The Hall–Kier alpha value is -0.570. The van der Waals surface area contributed by atoms with Gasteiger partial charge in [-0.05, 0) is 24.8 Å². The molecule has 0 spiro atoms. The van der Waals surface area contributed by atoms with Crippen LogP contribution in [0.5, 0.6) is 0 Å². The lowest BCUT2D eigenvalue weighted by atomic mass is 9.81. The van der Waals surface area contributed by atoms with Crippen LogP contribution in [0.4, 0.5) is 0 Å². The first-order chi connectivity index (χ1) is 6.91. The minimum absolute atomic E-state index is 0.0478. The van der Waals surface area contributed by atoms with Gasteiger partial charge in [0.15, 0.2) is 0 Å². The summed E-state index contributed by atoms with van der Waals surface area (Å²) in [5.74, 6) is 0.260. The van der Waals surface area contributed by atoms with E-state index in [1.165, 1.54) is 0 Å². The van der Waals surface area contributed by atoms with Crippen LogP contribution in [0.3, 0.4) is 0 Å². The summed E-state index contributed by atoms with van der Waals surface area (Å²) >= 11 is 0. The number of hydrogen-bond donors (Lipinski definition) is 2. The van der Waals surface area contributed by atoms with Crippen LogP contribution in [-0.2, 0) is 4.79 Å². The Kier molecular flexibility index (Phi) is 4.14. The number of nitrogens with one attached hydrogen (secondary N) is 2. The van der Waals surface area contributed by atoms with Gasteiger partial charge in [-0.3, -0.25) is 4.79 Å². The molecule has 1 rings (SSSR count). The van der Waals surface area contributed by atoms with Crippen LogP contribution in [0, 0.1) is 11.3 Å². The molecule has 1 saturated heterocycles. The maximum atomic E-state index is 11.9. The third-order valence-electron chi connectivity index (χ3n) is 3.34. The Balaban J connectivity index is 2.40. The van der Waals surface area contributed by atoms with E-state index >= 15 is 0 Å². The smallest absolute Gasteiger partial charge is 0.223 e. The van der Waals surface area contributed by atoms with Crippen molar-refractivity contribution in [2.75, 3.05) is 13.1 Å². The van der Waals surface area contributed by atoms with Gasteiger partial charge in [0.1, 0.15) is 0 Å². The van der Waals surface area contributed by atoms with Gasteiger partial charge >= 0.3 is 0 Å². The molecule has 3 heteroatoms. The SMILES string of the molecule is CC(C(=O)N[C@@H]1CCCNC1)C(C)(C)C. The first kappa shape index (κ1) is 12.5. The molecule has 1 aliphatic heterocycles. The molecule has 2 N–H and O–H groups in total. The van der Waals surface area contributed by atoms with E-state index in [9.17, 15) is 4.79 Å². The average molecular weight is 212 g/mol. The summed E-state index contributed by atoms with van der Waals surface area (Å²) in [7, 11) is 0. The molecule has 88 valence electrons. The molecule has 3 nitrogen and oxygen atoms in total. The molecule has 1 fully saturated rings. The van der Waals surface area contributed by atoms with Crippen molar-refractivity contribution in [3.63, 3.8) is 0 Å². The summed E-state index contributed by atoms with van der Waals surface area (Å²) in [6.45, 7) is 10.3. The van der Waals surface area contributed by atoms with Gasteiger partial charge in [-0.15, -0.1) is 0 Å². The van der Waals surface area contributed by atoms with Gasteiger partial charge in [0, 0.05) is 18.5 Å². The standard InChI is InChI=1S/C12H24N2O/c1-9(12(2,3)4)11(15)14-10-6-5-7-13-8-10/h9-10,13H,5-8H2,1-4H3,(H,14,15)/t9?,10-/m1/s1. The van der Waals surface area contributed by atoms with Gasteiger partial charge in [0.25, 0.3) is 0 Å². The minimum atomic E-state index is 0.0478. The highest BCUT2D eigenvalue weighted by atomic mass is 16.2. The van der Waals surface area contributed by atoms with E-state index < -0.39 is 0 Å². The van der Waals surface area contributed by atoms with Crippen LogP contribution < -0.4 is 10.6 Å². The van der Waals surface area contributed by atoms with E-state index in [0.29, 0.717) is 6.04 Å². The van der Waals surface area contributed by atoms with Crippen molar-refractivity contribution < 1.29 is 4.79 Å². The van der Waals surface area contributed by atoms with Crippen molar-refractivity contribution in [1.82, 2.24) is 10.6 Å². The molecule has 15 heavy (non-hydrogen) atoms. The summed E-state index contributed by atoms with van der Waals surface area (Å²) in [6.07, 6.45) is 2.27. The Labute approximate surface area is 93.0 Å². The maximum absolute atomic E-state index is 11.9. The lowest BCUT2D eigenvalue weighted by Gasteiger charge is -2.30. The zero-order valence-electron chi connectivity index (χ0n) is 10.4. The number of hydrogen-bond acceptors (Lipinski definition) is 2. The average Bonchev–Trinajstić information content (AvgIpc) is 2.16. The van der Waals surface area contributed by atoms with Crippen LogP contribution >= 0.6 is 0 Å². The summed E-state index contributed by atoms with van der Waals surface area (Å²) < 4.78 is 0. The normalized spacial score (nSPS) is 24.7. The van der Waals surface area contributed by atoms with E-state index in [1.54, 1.807) is 0 Å². The fourth-order valence-corrected chi connectivity index (χ4v) is 1.69. The third kappa shape index (κ3) is 3.82. The second kappa shape index (κ2) is 4.97. The molecule has 1 aliphatic rings. The summed E-state index contributed by atoms with van der Waals surface area (Å²) in [5, 5.41) is 6.43. The van der Waals surface area contributed by atoms with Crippen molar-refractivity contribution in [2.24, 2.45) is 11.3 Å². The predicted octanol–water partition coefficient (Wildman–Crippen LogP) is 1.54. The summed E-state index contributed by atoms with van der Waals surface area (Å²) in [5.41, 5.74) is 0.0478. The number of carbonyl (C=O) groups is 1. The Bertz CT molecular complexity index is 214. The number of rotatable bonds is 2. The minimum Gasteiger partial charge on any atom is -0.352 e. The highest BCUT2D eigenvalue weighted by molar-refractivity contribution is 5.79. The van der Waals surface area contributed by atoms with E-state index in [4.69, 9.17) is 0 Å². The number of piperidine rings is 1. The van der Waals surface area contributed by atoms with Crippen LogP contribution in [-0.4, -0.2) is 25.0 Å². The van der Waals surface area contributed by atoms with Crippen molar-refractivity contribution in [2.45, 2.75) is 46.6 Å². The van der Waals surface area contributed by atoms with Gasteiger partial charge in [0.05, 0.1) is 0 Å². The van der Waals surface area contributed by atoms with Crippen molar-refractivity contribution in [1.29, 1.82) is 0 Å². The first-order valence-corrected chi connectivity index (χ1v) is 5.92. The largest absolute Gasteiger partial charge is 0.352 e. The molecule has 0 saturated carbocycles. The maximum Gasteiger partial charge on any atom is 0.223 e. The van der Waals surface area contributed by atoms with Gasteiger partial charge in [0.2, 0.25) is 5.91 Å². The Morgan fingerprint density at radius 2 is 2.13 bits per heavy atom. The fraction of sp³-hybridized carbons (Fsp3) is 0.917. The molecule has 0 aliphatic carbocycles.